The van der Waals surface area contributed by atoms with E-state index in [1.54, 1.807) is 36.4 Å². The fourth-order valence-electron chi connectivity index (χ4n) is 4.28. The number of ether oxygens (including phenoxy) is 4. The lowest BCUT2D eigenvalue weighted by Crippen LogP contribution is -2.53. The molecule has 0 radical (unpaired) electrons. The molecule has 0 atom stereocenters. The highest BCUT2D eigenvalue weighted by Crippen LogP contribution is 2.32. The van der Waals surface area contributed by atoms with Crippen LogP contribution in [0.25, 0.3) is 6.08 Å². The van der Waals surface area contributed by atoms with Gasteiger partial charge in [0, 0.05) is 0 Å². The Hall–Kier alpha value is -4.79. The Morgan fingerprint density at radius 2 is 1.38 bits per heavy atom. The molecule has 42 heavy (non-hydrogen) atoms. The summed E-state index contributed by atoms with van der Waals surface area (Å²) >= 11 is 0. The minimum absolute atomic E-state index is 0.0561. The van der Waals surface area contributed by atoms with E-state index in [0.29, 0.717) is 60.6 Å². The lowest BCUT2D eigenvalue weighted by atomic mass is 10.1. The van der Waals surface area contributed by atoms with Gasteiger partial charge in [0.1, 0.15) is 12.2 Å². The van der Waals surface area contributed by atoms with Crippen LogP contribution in [0, 0.1) is 6.92 Å². The molecule has 0 aliphatic carbocycles. The molecule has 9 nitrogen and oxygen atoms in total. The molecular formula is C33H36N2O7. The van der Waals surface area contributed by atoms with Crippen molar-refractivity contribution in [3.63, 3.8) is 0 Å². The quantitative estimate of drug-likeness (QED) is 0.203. The van der Waals surface area contributed by atoms with Gasteiger partial charge in [0.2, 0.25) is 0 Å². The van der Waals surface area contributed by atoms with Gasteiger partial charge in [-0.05, 0) is 74.2 Å². The molecule has 1 fully saturated rings. The smallest absolute Gasteiger partial charge is 0.331 e. The third-order valence-electron chi connectivity index (χ3n) is 6.39. The summed E-state index contributed by atoms with van der Waals surface area (Å²) in [4.78, 5) is 39.8. The van der Waals surface area contributed by atoms with Crippen LogP contribution in [-0.2, 0) is 22.7 Å². The number of rotatable bonds is 13. The standard InChI is InChI=1S/C33H36N2O7/c1-5-16-41-27-15-13-25(19-30(27)40-7-3)20-35-32(37)26(31(36)34-33(35)38)17-24-12-14-28(29(18-24)39-6-2)42-21-23-10-8-22(4)9-11-23/h8-15,17-19H,5-7,16,20-21H2,1-4H3,(H,34,36,38)/b26-17+. The zero-order chi connectivity index (χ0) is 30.1. The number of urea groups is 1. The average Bonchev–Trinajstić information content (AvgIpc) is 2.98. The Balaban J connectivity index is 1.55. The molecule has 4 rings (SSSR count). The van der Waals surface area contributed by atoms with E-state index in [2.05, 4.69) is 5.32 Å². The molecule has 0 aromatic heterocycles. The highest BCUT2D eigenvalue weighted by molar-refractivity contribution is 6.31. The molecular weight excluding hydrogens is 536 g/mol. The molecule has 0 saturated carbocycles. The van der Waals surface area contributed by atoms with Crippen LogP contribution in [0.3, 0.4) is 0 Å². The summed E-state index contributed by atoms with van der Waals surface area (Å²) in [6.07, 6.45) is 2.28. The van der Waals surface area contributed by atoms with Crippen LogP contribution in [0.15, 0.2) is 66.2 Å². The summed E-state index contributed by atoms with van der Waals surface area (Å²) in [5.74, 6) is 0.650. The van der Waals surface area contributed by atoms with Crippen molar-refractivity contribution in [3.8, 4) is 23.0 Å². The van der Waals surface area contributed by atoms with E-state index in [1.165, 1.54) is 6.08 Å². The molecule has 0 bridgehead atoms. The van der Waals surface area contributed by atoms with Gasteiger partial charge in [0.15, 0.2) is 23.0 Å². The molecule has 4 amide bonds. The van der Waals surface area contributed by atoms with Crippen molar-refractivity contribution < 1.29 is 33.3 Å². The first-order valence-electron chi connectivity index (χ1n) is 14.1. The van der Waals surface area contributed by atoms with Crippen LogP contribution < -0.4 is 24.3 Å². The average molecular weight is 573 g/mol. The largest absolute Gasteiger partial charge is 0.490 e. The normalized spacial score (nSPS) is 14.1. The van der Waals surface area contributed by atoms with Gasteiger partial charge in [-0.3, -0.25) is 19.8 Å². The van der Waals surface area contributed by atoms with E-state index in [1.807, 2.05) is 52.0 Å². The van der Waals surface area contributed by atoms with Crippen LogP contribution in [0.4, 0.5) is 4.79 Å². The number of hydrogen-bond acceptors (Lipinski definition) is 7. The number of hydrogen-bond donors (Lipinski definition) is 1. The number of benzene rings is 3. The summed E-state index contributed by atoms with van der Waals surface area (Å²) < 4.78 is 23.2. The molecule has 1 aliphatic heterocycles. The molecule has 1 heterocycles. The second kappa shape index (κ2) is 14.2. The number of nitrogens with zero attached hydrogens (tertiary/aromatic N) is 1. The maximum Gasteiger partial charge on any atom is 0.331 e. The minimum Gasteiger partial charge on any atom is -0.490 e. The lowest BCUT2D eigenvalue weighted by Gasteiger charge is -2.26. The summed E-state index contributed by atoms with van der Waals surface area (Å²) in [7, 11) is 0. The van der Waals surface area contributed by atoms with Gasteiger partial charge in [-0.25, -0.2) is 4.79 Å². The molecule has 0 spiro atoms. The maximum atomic E-state index is 13.4. The maximum absolute atomic E-state index is 13.4. The van der Waals surface area contributed by atoms with Crippen LogP contribution >= 0.6 is 0 Å². The third-order valence-corrected chi connectivity index (χ3v) is 6.39. The van der Waals surface area contributed by atoms with Crippen molar-refractivity contribution in [2.45, 2.75) is 47.3 Å². The van der Waals surface area contributed by atoms with Crippen molar-refractivity contribution in [2.24, 2.45) is 0 Å². The Morgan fingerprint density at radius 3 is 2.07 bits per heavy atom. The molecule has 1 N–H and O–H groups in total. The molecule has 0 unspecified atom stereocenters. The van der Waals surface area contributed by atoms with E-state index >= 15 is 0 Å². The Kier molecular flexibility index (Phi) is 10.2. The Bertz CT molecular complexity index is 1460. The highest BCUT2D eigenvalue weighted by Gasteiger charge is 2.36. The van der Waals surface area contributed by atoms with Gasteiger partial charge in [-0.15, -0.1) is 0 Å². The summed E-state index contributed by atoms with van der Waals surface area (Å²) in [5.41, 5.74) is 3.20. The lowest BCUT2D eigenvalue weighted by molar-refractivity contribution is -0.130. The third kappa shape index (κ3) is 7.48. The van der Waals surface area contributed by atoms with Crippen LogP contribution in [0.2, 0.25) is 0 Å². The second-order valence-electron chi connectivity index (χ2n) is 9.68. The van der Waals surface area contributed by atoms with Crippen LogP contribution in [0.1, 0.15) is 49.4 Å². The Morgan fingerprint density at radius 1 is 0.738 bits per heavy atom. The van der Waals surface area contributed by atoms with Crippen LogP contribution in [0.5, 0.6) is 23.0 Å². The number of carbonyl (C=O) groups is 3. The molecule has 3 aromatic carbocycles. The number of barbiturate groups is 1. The molecule has 1 aliphatic rings. The van der Waals surface area contributed by atoms with Gasteiger partial charge in [-0.1, -0.05) is 48.9 Å². The van der Waals surface area contributed by atoms with Gasteiger partial charge >= 0.3 is 6.03 Å². The van der Waals surface area contributed by atoms with Gasteiger partial charge in [0.05, 0.1) is 26.4 Å². The van der Waals surface area contributed by atoms with Crippen molar-refractivity contribution in [2.75, 3.05) is 19.8 Å². The van der Waals surface area contributed by atoms with Crippen LogP contribution in [-0.4, -0.2) is 42.6 Å². The first-order chi connectivity index (χ1) is 20.3. The van der Waals surface area contributed by atoms with E-state index in [0.717, 1.165) is 22.4 Å². The fraction of sp³-hybridized carbons (Fsp3) is 0.303. The monoisotopic (exact) mass is 572 g/mol. The molecule has 9 heteroatoms. The van der Waals surface area contributed by atoms with Gasteiger partial charge < -0.3 is 18.9 Å². The van der Waals surface area contributed by atoms with Gasteiger partial charge in [-0.2, -0.15) is 0 Å². The first kappa shape index (κ1) is 30.2. The van der Waals surface area contributed by atoms with E-state index in [9.17, 15) is 14.4 Å². The number of amides is 4. The minimum atomic E-state index is -0.790. The number of carbonyl (C=O) groups excluding carboxylic acids is 3. The SMILES string of the molecule is CCCOc1ccc(CN2C(=O)NC(=O)/C(=C\c3ccc(OCc4ccc(C)cc4)c(OCC)c3)C2=O)cc1OCC. The zero-order valence-electron chi connectivity index (χ0n) is 24.4. The number of aryl methyl sites for hydroxylation is 1. The van der Waals surface area contributed by atoms with Crippen molar-refractivity contribution in [3.05, 3.63) is 88.5 Å². The summed E-state index contributed by atoms with van der Waals surface area (Å²) in [6, 6.07) is 17.7. The van der Waals surface area contributed by atoms with Crippen molar-refractivity contribution in [1.29, 1.82) is 0 Å². The topological polar surface area (TPSA) is 103 Å². The predicted molar refractivity (Wildman–Crippen MR) is 159 cm³/mol. The summed E-state index contributed by atoms with van der Waals surface area (Å²) in [6.45, 7) is 9.41. The fourth-order valence-corrected chi connectivity index (χ4v) is 4.28. The predicted octanol–water partition coefficient (Wildman–Crippen LogP) is 5.82. The van der Waals surface area contributed by atoms with E-state index in [-0.39, 0.29) is 12.1 Å². The van der Waals surface area contributed by atoms with E-state index in [4.69, 9.17) is 18.9 Å². The van der Waals surface area contributed by atoms with Crippen molar-refractivity contribution in [1.82, 2.24) is 10.2 Å². The second-order valence-corrected chi connectivity index (χ2v) is 9.68. The molecule has 1 saturated heterocycles. The van der Waals surface area contributed by atoms with Crippen molar-refractivity contribution >= 4 is 23.9 Å². The molecule has 220 valence electrons. The number of imide groups is 2. The van der Waals surface area contributed by atoms with E-state index < -0.39 is 17.8 Å². The zero-order valence-corrected chi connectivity index (χ0v) is 24.4. The number of nitrogens with one attached hydrogen (secondary N) is 1. The summed E-state index contributed by atoms with van der Waals surface area (Å²) in [5, 5.41) is 2.27. The van der Waals surface area contributed by atoms with Gasteiger partial charge in [0.25, 0.3) is 11.8 Å². The first-order valence-corrected chi connectivity index (χ1v) is 14.1. The molecule has 3 aromatic rings. The highest BCUT2D eigenvalue weighted by atomic mass is 16.5. The Labute approximate surface area is 246 Å².